The summed E-state index contributed by atoms with van der Waals surface area (Å²) in [6.07, 6.45) is 3.25. The van der Waals surface area contributed by atoms with Gasteiger partial charge in [-0.1, -0.05) is 29.3 Å². The number of nitrogens with zero attached hydrogens (tertiary/aromatic N) is 1. The van der Waals surface area contributed by atoms with Gasteiger partial charge < -0.3 is 5.32 Å². The second-order valence-electron chi connectivity index (χ2n) is 3.46. The molecule has 88 valence electrons. The fraction of sp³-hybridized carbons (Fsp3) is 0.0833. The summed E-state index contributed by atoms with van der Waals surface area (Å²) < 4.78 is 12.9. The third-order valence-corrected chi connectivity index (χ3v) is 2.85. The van der Waals surface area contributed by atoms with E-state index in [2.05, 4.69) is 10.3 Å². The molecule has 1 aromatic carbocycles. The SMILES string of the molecule is Fc1ccc(CNc2cnccc2Cl)cc1Cl. The number of hydrogen-bond donors (Lipinski definition) is 1. The maximum atomic E-state index is 12.9. The second-order valence-corrected chi connectivity index (χ2v) is 4.27. The molecule has 0 amide bonds. The lowest BCUT2D eigenvalue weighted by molar-refractivity contribution is 0.627. The standard InChI is InChI=1S/C12H9Cl2FN2/c13-9-3-4-16-7-12(9)17-6-8-1-2-11(15)10(14)5-8/h1-5,7,17H,6H2. The van der Waals surface area contributed by atoms with Crippen LogP contribution in [0.3, 0.4) is 0 Å². The molecule has 1 aromatic heterocycles. The fourth-order valence-electron chi connectivity index (χ4n) is 1.35. The highest BCUT2D eigenvalue weighted by Crippen LogP contribution is 2.21. The van der Waals surface area contributed by atoms with Crippen molar-refractivity contribution < 1.29 is 4.39 Å². The second kappa shape index (κ2) is 5.34. The van der Waals surface area contributed by atoms with Crippen molar-refractivity contribution in [2.45, 2.75) is 6.54 Å². The van der Waals surface area contributed by atoms with Crippen LogP contribution in [0.2, 0.25) is 10.0 Å². The van der Waals surface area contributed by atoms with Crippen molar-refractivity contribution in [2.75, 3.05) is 5.32 Å². The molecule has 1 heterocycles. The Balaban J connectivity index is 2.08. The van der Waals surface area contributed by atoms with E-state index in [4.69, 9.17) is 23.2 Å². The highest BCUT2D eigenvalue weighted by atomic mass is 35.5. The van der Waals surface area contributed by atoms with Gasteiger partial charge >= 0.3 is 0 Å². The largest absolute Gasteiger partial charge is 0.379 e. The minimum absolute atomic E-state index is 0.113. The van der Waals surface area contributed by atoms with E-state index in [9.17, 15) is 4.39 Å². The van der Waals surface area contributed by atoms with Crippen molar-refractivity contribution in [2.24, 2.45) is 0 Å². The minimum Gasteiger partial charge on any atom is -0.379 e. The van der Waals surface area contributed by atoms with E-state index < -0.39 is 5.82 Å². The highest BCUT2D eigenvalue weighted by Gasteiger charge is 2.02. The van der Waals surface area contributed by atoms with Crippen LogP contribution in [0.15, 0.2) is 36.7 Å². The van der Waals surface area contributed by atoms with Crippen molar-refractivity contribution in [3.63, 3.8) is 0 Å². The minimum atomic E-state index is -0.421. The molecule has 0 bridgehead atoms. The predicted octanol–water partition coefficient (Wildman–Crippen LogP) is 4.14. The number of hydrogen-bond acceptors (Lipinski definition) is 2. The molecule has 17 heavy (non-hydrogen) atoms. The summed E-state index contributed by atoms with van der Waals surface area (Å²) in [5.41, 5.74) is 1.60. The number of rotatable bonds is 3. The summed E-state index contributed by atoms with van der Waals surface area (Å²) in [6, 6.07) is 6.28. The first-order valence-corrected chi connectivity index (χ1v) is 5.70. The van der Waals surface area contributed by atoms with Crippen LogP contribution in [0, 0.1) is 5.82 Å². The lowest BCUT2D eigenvalue weighted by Gasteiger charge is -2.08. The van der Waals surface area contributed by atoms with Gasteiger partial charge in [0.15, 0.2) is 0 Å². The van der Waals surface area contributed by atoms with Gasteiger partial charge in [0.05, 0.1) is 21.9 Å². The topological polar surface area (TPSA) is 24.9 Å². The van der Waals surface area contributed by atoms with Gasteiger partial charge in [0.2, 0.25) is 0 Å². The van der Waals surface area contributed by atoms with E-state index in [1.165, 1.54) is 6.07 Å². The molecule has 0 spiro atoms. The van der Waals surface area contributed by atoms with Gasteiger partial charge in [-0.3, -0.25) is 4.98 Å². The molecule has 0 fully saturated rings. The summed E-state index contributed by atoms with van der Waals surface area (Å²) in [7, 11) is 0. The summed E-state index contributed by atoms with van der Waals surface area (Å²) in [6.45, 7) is 0.505. The zero-order valence-electron chi connectivity index (χ0n) is 8.75. The van der Waals surface area contributed by atoms with E-state index in [1.54, 1.807) is 30.6 Å². The summed E-state index contributed by atoms with van der Waals surface area (Å²) >= 11 is 11.6. The van der Waals surface area contributed by atoms with Crippen LogP contribution in [0.1, 0.15) is 5.56 Å². The van der Waals surface area contributed by atoms with Crippen LogP contribution in [-0.2, 0) is 6.54 Å². The van der Waals surface area contributed by atoms with Crippen LogP contribution in [0.25, 0.3) is 0 Å². The average molecular weight is 271 g/mol. The van der Waals surface area contributed by atoms with Crippen molar-refractivity contribution in [3.05, 3.63) is 58.1 Å². The maximum Gasteiger partial charge on any atom is 0.141 e. The third-order valence-electron chi connectivity index (χ3n) is 2.23. The maximum absolute atomic E-state index is 12.9. The average Bonchev–Trinajstić information content (AvgIpc) is 2.32. The Morgan fingerprint density at radius 2 is 2.00 bits per heavy atom. The Morgan fingerprint density at radius 3 is 2.71 bits per heavy atom. The van der Waals surface area contributed by atoms with Gasteiger partial charge in [0, 0.05) is 12.7 Å². The van der Waals surface area contributed by atoms with E-state index in [1.807, 2.05) is 0 Å². The molecule has 0 aliphatic carbocycles. The lowest BCUT2D eigenvalue weighted by atomic mass is 10.2. The number of anilines is 1. The molecule has 2 nitrogen and oxygen atoms in total. The Labute approximate surface area is 108 Å². The van der Waals surface area contributed by atoms with Crippen molar-refractivity contribution >= 4 is 28.9 Å². The summed E-state index contributed by atoms with van der Waals surface area (Å²) in [5.74, 6) is -0.421. The quantitative estimate of drug-likeness (QED) is 0.907. The normalized spacial score (nSPS) is 10.3. The molecule has 5 heteroatoms. The van der Waals surface area contributed by atoms with Crippen molar-refractivity contribution in [1.82, 2.24) is 4.98 Å². The summed E-state index contributed by atoms with van der Waals surface area (Å²) in [4.78, 5) is 3.96. The molecule has 0 atom stereocenters. The van der Waals surface area contributed by atoms with Gasteiger partial charge in [-0.05, 0) is 23.8 Å². The molecule has 0 aliphatic heterocycles. The Kier molecular flexibility index (Phi) is 3.82. The molecule has 1 N–H and O–H groups in total. The van der Waals surface area contributed by atoms with Gasteiger partial charge in [-0.2, -0.15) is 0 Å². The Morgan fingerprint density at radius 1 is 1.18 bits per heavy atom. The van der Waals surface area contributed by atoms with Crippen LogP contribution in [0.4, 0.5) is 10.1 Å². The first kappa shape index (κ1) is 12.1. The molecule has 2 aromatic rings. The number of benzene rings is 1. The van der Waals surface area contributed by atoms with Crippen LogP contribution in [-0.4, -0.2) is 4.98 Å². The van der Waals surface area contributed by atoms with E-state index in [0.29, 0.717) is 11.6 Å². The smallest absolute Gasteiger partial charge is 0.141 e. The Bertz CT molecular complexity index is 532. The summed E-state index contributed by atoms with van der Waals surface area (Å²) in [5, 5.41) is 3.80. The third kappa shape index (κ3) is 3.08. The first-order valence-electron chi connectivity index (χ1n) is 4.94. The zero-order chi connectivity index (χ0) is 12.3. The Hall–Kier alpha value is -1.32. The van der Waals surface area contributed by atoms with Crippen LogP contribution >= 0.6 is 23.2 Å². The van der Waals surface area contributed by atoms with E-state index in [-0.39, 0.29) is 5.02 Å². The molecule has 0 saturated carbocycles. The predicted molar refractivity (Wildman–Crippen MR) is 68.0 cm³/mol. The number of halogens is 3. The van der Waals surface area contributed by atoms with Crippen molar-refractivity contribution in [1.29, 1.82) is 0 Å². The molecule has 0 saturated heterocycles. The van der Waals surface area contributed by atoms with Crippen LogP contribution < -0.4 is 5.32 Å². The van der Waals surface area contributed by atoms with Gasteiger partial charge in [0.1, 0.15) is 5.82 Å². The first-order chi connectivity index (χ1) is 8.16. The number of aromatic nitrogens is 1. The van der Waals surface area contributed by atoms with Gasteiger partial charge in [-0.25, -0.2) is 4.39 Å². The van der Waals surface area contributed by atoms with Crippen LogP contribution in [0.5, 0.6) is 0 Å². The lowest BCUT2D eigenvalue weighted by Crippen LogP contribution is -2.00. The van der Waals surface area contributed by atoms with E-state index in [0.717, 1.165) is 11.3 Å². The number of pyridine rings is 1. The molecule has 0 radical (unpaired) electrons. The molecular formula is C12H9Cl2FN2. The molecule has 2 rings (SSSR count). The molecule has 0 unspecified atom stereocenters. The number of nitrogens with one attached hydrogen (secondary N) is 1. The highest BCUT2D eigenvalue weighted by molar-refractivity contribution is 6.33. The molecule has 0 aliphatic rings. The monoisotopic (exact) mass is 270 g/mol. The van der Waals surface area contributed by atoms with Gasteiger partial charge in [0.25, 0.3) is 0 Å². The van der Waals surface area contributed by atoms with E-state index >= 15 is 0 Å². The van der Waals surface area contributed by atoms with Crippen molar-refractivity contribution in [3.8, 4) is 0 Å². The molecular weight excluding hydrogens is 262 g/mol. The van der Waals surface area contributed by atoms with Gasteiger partial charge in [-0.15, -0.1) is 0 Å². The fourth-order valence-corrected chi connectivity index (χ4v) is 1.73. The zero-order valence-corrected chi connectivity index (χ0v) is 10.3.